The number of nitrogens with zero attached hydrogens (tertiary/aromatic N) is 1. The molecule has 1 aliphatic rings. The Morgan fingerprint density at radius 3 is 2.63 bits per heavy atom. The maximum Gasteiger partial charge on any atom is 0.269 e. The first kappa shape index (κ1) is 19.0. The Labute approximate surface area is 158 Å². The summed E-state index contributed by atoms with van der Waals surface area (Å²) in [4.78, 5) is 28.7. The van der Waals surface area contributed by atoms with Gasteiger partial charge in [-0.3, -0.25) is 14.6 Å². The molecule has 0 bridgehead atoms. The fourth-order valence-corrected chi connectivity index (χ4v) is 3.31. The van der Waals surface area contributed by atoms with Crippen LogP contribution in [0.5, 0.6) is 0 Å². The molecular weight excluding hydrogens is 345 g/mol. The number of amides is 2. The molecule has 1 aliphatic carbocycles. The molecule has 2 N–H and O–H groups in total. The quantitative estimate of drug-likeness (QED) is 0.821. The van der Waals surface area contributed by atoms with Crippen LogP contribution in [-0.4, -0.2) is 29.4 Å². The van der Waals surface area contributed by atoms with Crippen LogP contribution in [0.15, 0.2) is 42.6 Å². The van der Waals surface area contributed by atoms with Crippen molar-refractivity contribution in [1.29, 1.82) is 0 Å². The van der Waals surface area contributed by atoms with E-state index in [0.717, 1.165) is 25.7 Å². The van der Waals surface area contributed by atoms with Crippen LogP contribution in [0.1, 0.15) is 58.5 Å². The van der Waals surface area contributed by atoms with Gasteiger partial charge < -0.3 is 10.6 Å². The van der Waals surface area contributed by atoms with Crippen LogP contribution in [0.25, 0.3) is 0 Å². The smallest absolute Gasteiger partial charge is 0.269 e. The topological polar surface area (TPSA) is 71.1 Å². The Bertz CT molecular complexity index is 804. The Kier molecular flexibility index (Phi) is 6.52. The Morgan fingerprint density at radius 2 is 1.85 bits per heavy atom. The number of carbonyl (C=O) groups is 2. The van der Waals surface area contributed by atoms with E-state index in [1.807, 2.05) is 0 Å². The number of hydrogen-bond acceptors (Lipinski definition) is 3. The molecule has 0 atom stereocenters. The highest BCUT2D eigenvalue weighted by Crippen LogP contribution is 2.18. The maximum absolute atomic E-state index is 13.6. The Hall–Kier alpha value is -2.76. The third-order valence-corrected chi connectivity index (χ3v) is 4.83. The first-order chi connectivity index (χ1) is 13.1. The molecule has 0 spiro atoms. The summed E-state index contributed by atoms with van der Waals surface area (Å²) in [6, 6.07) is 9.78. The molecule has 5 nitrogen and oxygen atoms in total. The van der Waals surface area contributed by atoms with Crippen molar-refractivity contribution >= 4 is 11.8 Å². The molecule has 1 saturated carbocycles. The van der Waals surface area contributed by atoms with Crippen molar-refractivity contribution in [3.05, 3.63) is 65.2 Å². The summed E-state index contributed by atoms with van der Waals surface area (Å²) in [6.45, 7) is 0.292. The Morgan fingerprint density at radius 1 is 1.07 bits per heavy atom. The normalized spacial score (nSPS) is 14.6. The molecule has 2 aromatic rings. The summed E-state index contributed by atoms with van der Waals surface area (Å²) in [6.07, 6.45) is 7.34. The van der Waals surface area contributed by atoms with Crippen LogP contribution in [0.4, 0.5) is 4.39 Å². The van der Waals surface area contributed by atoms with Crippen LogP contribution in [0, 0.1) is 5.82 Å². The third kappa shape index (κ3) is 5.36. The lowest BCUT2D eigenvalue weighted by Crippen LogP contribution is -2.36. The van der Waals surface area contributed by atoms with Gasteiger partial charge in [0, 0.05) is 24.3 Å². The number of nitrogens with one attached hydrogen (secondary N) is 2. The predicted octanol–water partition coefficient (Wildman–Crippen LogP) is 3.26. The van der Waals surface area contributed by atoms with Crippen molar-refractivity contribution in [2.75, 3.05) is 6.54 Å². The zero-order valence-electron chi connectivity index (χ0n) is 15.2. The number of benzene rings is 1. The first-order valence-electron chi connectivity index (χ1n) is 9.42. The zero-order valence-corrected chi connectivity index (χ0v) is 15.2. The molecular formula is C21H24FN3O2. The van der Waals surface area contributed by atoms with Crippen molar-refractivity contribution in [2.45, 2.75) is 44.6 Å². The van der Waals surface area contributed by atoms with Crippen LogP contribution in [0.3, 0.4) is 0 Å². The van der Waals surface area contributed by atoms with E-state index < -0.39 is 0 Å². The molecule has 1 fully saturated rings. The molecule has 0 saturated heterocycles. The predicted molar refractivity (Wildman–Crippen MR) is 101 cm³/mol. The van der Waals surface area contributed by atoms with Gasteiger partial charge in [-0.25, -0.2) is 4.39 Å². The van der Waals surface area contributed by atoms with Gasteiger partial charge in [-0.05, 0) is 43.0 Å². The van der Waals surface area contributed by atoms with Crippen molar-refractivity contribution in [3.63, 3.8) is 0 Å². The van der Waals surface area contributed by atoms with E-state index in [1.165, 1.54) is 24.8 Å². The molecule has 27 heavy (non-hydrogen) atoms. The fraction of sp³-hybridized carbons (Fsp3) is 0.381. The molecule has 142 valence electrons. The van der Waals surface area contributed by atoms with Gasteiger partial charge >= 0.3 is 0 Å². The SMILES string of the molecule is O=C(NC1CCCCC1)c1ccnc(C(=O)NCCc2ccccc2F)c1. The molecule has 3 rings (SSSR count). The van der Waals surface area contributed by atoms with Crippen molar-refractivity contribution in [1.82, 2.24) is 15.6 Å². The molecule has 0 aliphatic heterocycles. The minimum absolute atomic E-state index is 0.176. The monoisotopic (exact) mass is 369 g/mol. The number of halogens is 1. The second kappa shape index (κ2) is 9.26. The average molecular weight is 369 g/mol. The average Bonchev–Trinajstić information content (AvgIpc) is 2.70. The highest BCUT2D eigenvalue weighted by atomic mass is 19.1. The Balaban J connectivity index is 1.55. The van der Waals surface area contributed by atoms with E-state index in [2.05, 4.69) is 15.6 Å². The summed E-state index contributed by atoms with van der Waals surface area (Å²) in [7, 11) is 0. The number of aromatic nitrogens is 1. The van der Waals surface area contributed by atoms with Gasteiger partial charge in [0.25, 0.3) is 11.8 Å². The van der Waals surface area contributed by atoms with Crippen LogP contribution >= 0.6 is 0 Å². The summed E-state index contributed by atoms with van der Waals surface area (Å²) in [5.41, 5.74) is 1.15. The molecule has 0 radical (unpaired) electrons. The number of hydrogen-bond donors (Lipinski definition) is 2. The van der Waals surface area contributed by atoms with Gasteiger partial charge in [0.1, 0.15) is 11.5 Å². The molecule has 1 aromatic heterocycles. The lowest BCUT2D eigenvalue weighted by molar-refractivity contribution is 0.0927. The third-order valence-electron chi connectivity index (χ3n) is 4.83. The molecule has 0 unspecified atom stereocenters. The van der Waals surface area contributed by atoms with Gasteiger partial charge in [0.05, 0.1) is 0 Å². The van der Waals surface area contributed by atoms with E-state index in [9.17, 15) is 14.0 Å². The van der Waals surface area contributed by atoms with E-state index in [1.54, 1.807) is 24.3 Å². The van der Waals surface area contributed by atoms with E-state index in [4.69, 9.17) is 0 Å². The molecule has 2 amide bonds. The van der Waals surface area contributed by atoms with Gasteiger partial charge in [-0.15, -0.1) is 0 Å². The standard InChI is InChI=1S/C21H24FN3O2/c22-18-9-5-4-6-15(18)10-13-24-21(27)19-14-16(11-12-23-19)20(26)25-17-7-2-1-3-8-17/h4-6,9,11-12,14,17H,1-3,7-8,10,13H2,(H,24,27)(H,25,26). The molecule has 1 heterocycles. The summed E-state index contributed by atoms with van der Waals surface area (Å²) < 4.78 is 13.6. The van der Waals surface area contributed by atoms with Gasteiger partial charge in [0.2, 0.25) is 0 Å². The highest BCUT2D eigenvalue weighted by Gasteiger charge is 2.18. The van der Waals surface area contributed by atoms with E-state index in [0.29, 0.717) is 24.1 Å². The minimum atomic E-state index is -0.376. The second-order valence-electron chi connectivity index (χ2n) is 6.84. The maximum atomic E-state index is 13.6. The van der Waals surface area contributed by atoms with Gasteiger partial charge in [0.15, 0.2) is 0 Å². The first-order valence-corrected chi connectivity index (χ1v) is 9.42. The van der Waals surface area contributed by atoms with Crippen molar-refractivity contribution in [2.24, 2.45) is 0 Å². The van der Waals surface area contributed by atoms with Crippen molar-refractivity contribution in [3.8, 4) is 0 Å². The van der Waals surface area contributed by atoms with Gasteiger partial charge in [-0.2, -0.15) is 0 Å². The number of pyridine rings is 1. The van der Waals surface area contributed by atoms with E-state index >= 15 is 0 Å². The number of carbonyl (C=O) groups excluding carboxylic acids is 2. The summed E-state index contributed by atoms with van der Waals surface area (Å²) in [5.74, 6) is -0.838. The van der Waals surface area contributed by atoms with Crippen LogP contribution in [-0.2, 0) is 6.42 Å². The fourth-order valence-electron chi connectivity index (χ4n) is 3.31. The summed E-state index contributed by atoms with van der Waals surface area (Å²) >= 11 is 0. The van der Waals surface area contributed by atoms with Gasteiger partial charge in [-0.1, -0.05) is 37.5 Å². The molecule has 6 heteroatoms. The largest absolute Gasteiger partial charge is 0.350 e. The second-order valence-corrected chi connectivity index (χ2v) is 6.84. The lowest BCUT2D eigenvalue weighted by Gasteiger charge is -2.22. The van der Waals surface area contributed by atoms with E-state index in [-0.39, 0.29) is 29.4 Å². The highest BCUT2D eigenvalue weighted by molar-refractivity contribution is 5.98. The zero-order chi connectivity index (χ0) is 19.1. The van der Waals surface area contributed by atoms with Crippen molar-refractivity contribution < 1.29 is 14.0 Å². The summed E-state index contributed by atoms with van der Waals surface area (Å²) in [5, 5.41) is 5.75. The number of rotatable bonds is 6. The molecule has 1 aromatic carbocycles. The lowest BCUT2D eigenvalue weighted by atomic mass is 9.95. The minimum Gasteiger partial charge on any atom is -0.350 e. The van der Waals surface area contributed by atoms with Crippen LogP contribution in [0.2, 0.25) is 0 Å². The van der Waals surface area contributed by atoms with Crippen LogP contribution < -0.4 is 10.6 Å².